The van der Waals surface area contributed by atoms with Crippen molar-refractivity contribution in [3.05, 3.63) is 24.3 Å². The molecule has 0 N–H and O–H groups in total. The standard InChI is InChI=1S/C49H89NO9/c1-6-11-14-17-18-19-20-21-22-23-24-25-26-27-30-31-35-44(59-49(54)55-41-34-40-50(9-4)10-5)38-39-48(53)58-45(42-56-46(51)36-32-28-15-12-7-2)43-57-47(52)37-33-29-16-13-8-3/h18-19,21-22,44-45H,6-17,20,23-43H2,1-5H3/b19-18-,22-21-. The fourth-order valence-electron chi connectivity index (χ4n) is 6.68. The molecule has 0 aromatic carbocycles. The molecule has 0 aliphatic rings. The molecule has 0 aliphatic heterocycles. The molecule has 0 fully saturated rings. The minimum atomic E-state index is -0.918. The van der Waals surface area contributed by atoms with E-state index >= 15 is 0 Å². The molecule has 0 spiro atoms. The predicted octanol–water partition coefficient (Wildman–Crippen LogP) is 12.9. The van der Waals surface area contributed by atoms with Crippen LogP contribution in [0.2, 0.25) is 0 Å². The van der Waals surface area contributed by atoms with Gasteiger partial charge in [-0.3, -0.25) is 14.4 Å². The average Bonchev–Trinajstić information content (AvgIpc) is 3.23. The van der Waals surface area contributed by atoms with Gasteiger partial charge in [0.05, 0.1) is 6.61 Å². The molecule has 0 amide bonds. The van der Waals surface area contributed by atoms with Crippen LogP contribution in [0.3, 0.4) is 0 Å². The Morgan fingerprint density at radius 1 is 0.458 bits per heavy atom. The summed E-state index contributed by atoms with van der Waals surface area (Å²) in [5.74, 6) is -1.25. The Hall–Kier alpha value is -2.88. The number of ether oxygens (including phenoxy) is 5. The van der Waals surface area contributed by atoms with Crippen molar-refractivity contribution in [2.45, 2.75) is 227 Å². The van der Waals surface area contributed by atoms with Crippen LogP contribution in [0, 0.1) is 0 Å². The quantitative estimate of drug-likeness (QED) is 0.0254. The molecule has 0 aliphatic carbocycles. The summed E-state index contributed by atoms with van der Waals surface area (Å²) >= 11 is 0. The lowest BCUT2D eigenvalue weighted by Crippen LogP contribution is -2.31. The highest BCUT2D eigenvalue weighted by molar-refractivity contribution is 5.71. The average molecular weight is 836 g/mol. The Labute approximate surface area is 361 Å². The highest BCUT2D eigenvalue weighted by Gasteiger charge is 2.22. The van der Waals surface area contributed by atoms with Crippen LogP contribution in [-0.4, -0.2) is 80.6 Å². The van der Waals surface area contributed by atoms with Gasteiger partial charge in [0.15, 0.2) is 6.10 Å². The molecule has 0 heterocycles. The fraction of sp³-hybridized carbons (Fsp3) is 0.837. The number of rotatable bonds is 42. The largest absolute Gasteiger partial charge is 0.508 e. The number of nitrogens with zero attached hydrogens (tertiary/aromatic N) is 1. The molecule has 0 aromatic heterocycles. The summed E-state index contributed by atoms with van der Waals surface area (Å²) in [7, 11) is 0. The number of hydrogen-bond acceptors (Lipinski definition) is 10. The Balaban J connectivity index is 5.06. The van der Waals surface area contributed by atoms with Crippen LogP contribution >= 0.6 is 0 Å². The molecule has 0 aromatic rings. The first-order valence-electron chi connectivity index (χ1n) is 24.2. The molecule has 10 nitrogen and oxygen atoms in total. The van der Waals surface area contributed by atoms with E-state index < -0.39 is 24.3 Å². The Morgan fingerprint density at radius 2 is 0.949 bits per heavy atom. The first-order valence-corrected chi connectivity index (χ1v) is 24.2. The summed E-state index contributed by atoms with van der Waals surface area (Å²) < 4.78 is 27.8. The van der Waals surface area contributed by atoms with Crippen LogP contribution in [0.25, 0.3) is 0 Å². The molecular formula is C49H89NO9. The topological polar surface area (TPSA) is 118 Å². The SMILES string of the molecule is CCCCC/C=C\C/C=C\CCCCCCCCC(CCC(=O)OC(COC(=O)CCCCCCC)COC(=O)CCCCCCC)OC(=O)OCCCN(CC)CC. The minimum Gasteiger partial charge on any atom is -0.462 e. The molecule has 0 radical (unpaired) electrons. The first-order chi connectivity index (χ1) is 28.8. The lowest BCUT2D eigenvalue weighted by atomic mass is 10.0. The van der Waals surface area contributed by atoms with E-state index in [0.29, 0.717) is 25.7 Å². The van der Waals surface area contributed by atoms with E-state index in [4.69, 9.17) is 23.7 Å². The van der Waals surface area contributed by atoms with Crippen molar-refractivity contribution in [3.63, 3.8) is 0 Å². The highest BCUT2D eigenvalue weighted by atomic mass is 16.7. The monoisotopic (exact) mass is 836 g/mol. The summed E-state index contributed by atoms with van der Waals surface area (Å²) in [6.07, 6.45) is 32.9. The van der Waals surface area contributed by atoms with Crippen molar-refractivity contribution >= 4 is 24.1 Å². The third kappa shape index (κ3) is 39.0. The number of unbranched alkanes of at least 4 members (excludes halogenated alkanes) is 17. The van der Waals surface area contributed by atoms with E-state index in [0.717, 1.165) is 122 Å². The van der Waals surface area contributed by atoms with Crippen molar-refractivity contribution in [1.82, 2.24) is 4.90 Å². The van der Waals surface area contributed by atoms with Gasteiger partial charge in [-0.05, 0) is 83.7 Å². The molecule has 344 valence electrons. The summed E-state index contributed by atoms with van der Waals surface area (Å²) in [6, 6.07) is 0. The third-order valence-corrected chi connectivity index (χ3v) is 10.5. The van der Waals surface area contributed by atoms with E-state index in [1.165, 1.54) is 38.5 Å². The van der Waals surface area contributed by atoms with Crippen molar-refractivity contribution < 1.29 is 42.9 Å². The molecule has 10 heteroatoms. The second-order valence-electron chi connectivity index (χ2n) is 15.9. The van der Waals surface area contributed by atoms with Crippen molar-refractivity contribution in [2.75, 3.05) is 39.5 Å². The highest BCUT2D eigenvalue weighted by Crippen LogP contribution is 2.17. The van der Waals surface area contributed by atoms with Gasteiger partial charge in [0.25, 0.3) is 0 Å². The number of esters is 3. The number of carbonyl (C=O) groups is 4. The van der Waals surface area contributed by atoms with Gasteiger partial charge in [-0.2, -0.15) is 0 Å². The van der Waals surface area contributed by atoms with Crippen molar-refractivity contribution in [1.29, 1.82) is 0 Å². The normalized spacial score (nSPS) is 12.1. The second-order valence-corrected chi connectivity index (χ2v) is 15.9. The Bertz CT molecular complexity index is 1030. The molecule has 0 saturated heterocycles. The maximum absolute atomic E-state index is 13.1. The van der Waals surface area contributed by atoms with Gasteiger partial charge in [0, 0.05) is 25.8 Å². The van der Waals surface area contributed by atoms with Crippen LogP contribution in [-0.2, 0) is 38.1 Å². The van der Waals surface area contributed by atoms with Gasteiger partial charge in [-0.1, -0.05) is 149 Å². The van der Waals surface area contributed by atoms with Gasteiger partial charge in [0.2, 0.25) is 0 Å². The van der Waals surface area contributed by atoms with E-state index in [9.17, 15) is 19.2 Å². The van der Waals surface area contributed by atoms with E-state index in [2.05, 4.69) is 63.8 Å². The second kappa shape index (κ2) is 43.2. The third-order valence-electron chi connectivity index (χ3n) is 10.5. The first kappa shape index (κ1) is 56.1. The van der Waals surface area contributed by atoms with Crippen molar-refractivity contribution in [3.8, 4) is 0 Å². The van der Waals surface area contributed by atoms with Gasteiger partial charge in [-0.15, -0.1) is 0 Å². The Kier molecular flexibility index (Phi) is 41.1. The zero-order chi connectivity index (χ0) is 43.4. The van der Waals surface area contributed by atoms with Crippen LogP contribution in [0.5, 0.6) is 0 Å². The minimum absolute atomic E-state index is 0.00464. The lowest BCUT2D eigenvalue weighted by molar-refractivity contribution is -0.167. The van der Waals surface area contributed by atoms with Gasteiger partial charge in [0.1, 0.15) is 19.3 Å². The van der Waals surface area contributed by atoms with Crippen LogP contribution < -0.4 is 0 Å². The molecule has 0 saturated carbocycles. The smallest absolute Gasteiger partial charge is 0.462 e. The van der Waals surface area contributed by atoms with Gasteiger partial charge >= 0.3 is 24.1 Å². The maximum Gasteiger partial charge on any atom is 0.508 e. The van der Waals surface area contributed by atoms with E-state index in [1.54, 1.807) is 0 Å². The van der Waals surface area contributed by atoms with Crippen LogP contribution in [0.1, 0.15) is 214 Å². The summed E-state index contributed by atoms with van der Waals surface area (Å²) in [5, 5.41) is 0. The number of carbonyl (C=O) groups excluding carboxylic acids is 4. The van der Waals surface area contributed by atoms with Crippen molar-refractivity contribution in [2.24, 2.45) is 0 Å². The van der Waals surface area contributed by atoms with Gasteiger partial charge < -0.3 is 28.6 Å². The lowest BCUT2D eigenvalue weighted by Gasteiger charge is -2.20. The zero-order valence-corrected chi connectivity index (χ0v) is 38.6. The van der Waals surface area contributed by atoms with E-state index in [1.807, 2.05) is 0 Å². The molecule has 0 bridgehead atoms. The Morgan fingerprint density at radius 3 is 1.51 bits per heavy atom. The number of hydrogen-bond donors (Lipinski definition) is 0. The van der Waals surface area contributed by atoms with Crippen LogP contribution in [0.4, 0.5) is 4.79 Å². The molecule has 0 rings (SSSR count). The summed E-state index contributed by atoms with van der Waals surface area (Å²) in [6.45, 7) is 13.4. The van der Waals surface area contributed by atoms with Crippen LogP contribution in [0.15, 0.2) is 24.3 Å². The molecule has 1 atom stereocenters. The zero-order valence-electron chi connectivity index (χ0n) is 38.6. The maximum atomic E-state index is 13.1. The molecule has 59 heavy (non-hydrogen) atoms. The van der Waals surface area contributed by atoms with E-state index in [-0.39, 0.29) is 44.6 Å². The summed E-state index contributed by atoms with van der Waals surface area (Å²) in [5.41, 5.74) is 0. The van der Waals surface area contributed by atoms with Gasteiger partial charge in [-0.25, -0.2) is 4.79 Å². The summed E-state index contributed by atoms with van der Waals surface area (Å²) in [4.78, 5) is 53.0. The fourth-order valence-corrected chi connectivity index (χ4v) is 6.68. The predicted molar refractivity (Wildman–Crippen MR) is 240 cm³/mol. The molecule has 1 unspecified atom stereocenters. The molecular weight excluding hydrogens is 747 g/mol. The number of allylic oxidation sites excluding steroid dienone is 4.